The monoisotopic (exact) mass is 331 g/mol. The molecule has 1 atom stereocenters. The maximum atomic E-state index is 5.66. The molecule has 0 amide bonds. The molecule has 0 aromatic heterocycles. The van der Waals surface area contributed by atoms with Crippen LogP contribution in [0.5, 0.6) is 0 Å². The number of para-hydroxylation sites is 1. The topological polar surface area (TPSA) is 45.3 Å². The fraction of sp³-hybridized carbons (Fsp3) is 0.462. The minimum atomic E-state index is -2.35. The molecule has 0 aliphatic carbocycles. The van der Waals surface area contributed by atoms with Crippen LogP contribution in [0.3, 0.4) is 0 Å². The molecule has 0 fully saturated rings. The summed E-state index contributed by atoms with van der Waals surface area (Å²) in [6, 6.07) is 8.17. The van der Waals surface area contributed by atoms with Crippen LogP contribution in [-0.2, 0) is 16.3 Å². The highest BCUT2D eigenvalue weighted by Gasteiger charge is 2.19. The fourth-order valence-corrected chi connectivity index (χ4v) is 5.08. The zero-order valence-electron chi connectivity index (χ0n) is 12.3. The van der Waals surface area contributed by atoms with E-state index in [1.54, 1.807) is 0 Å². The van der Waals surface area contributed by atoms with Gasteiger partial charge in [0.05, 0.1) is 6.61 Å². The Morgan fingerprint density at radius 2 is 2.00 bits per heavy atom. The third kappa shape index (κ3) is 5.85. The Morgan fingerprint density at radius 1 is 1.35 bits per heavy atom. The molecule has 0 saturated carbocycles. The zero-order valence-corrected chi connectivity index (χ0v) is 14.8. The van der Waals surface area contributed by atoms with Crippen molar-refractivity contribution in [2.75, 3.05) is 11.9 Å². The molecule has 7 heteroatoms. The van der Waals surface area contributed by atoms with Crippen LogP contribution >= 0.6 is 18.8 Å². The molecule has 3 N–H and O–H groups in total. The summed E-state index contributed by atoms with van der Waals surface area (Å²) < 4.78 is 5.66. The Morgan fingerprint density at radius 3 is 2.55 bits per heavy atom. The second-order valence-electron chi connectivity index (χ2n) is 4.63. The number of aryl methyl sites for hydroxylation is 1. The first-order valence-electron chi connectivity index (χ1n) is 6.53. The summed E-state index contributed by atoms with van der Waals surface area (Å²) >= 11 is 10.9. The van der Waals surface area contributed by atoms with Crippen LogP contribution in [0.2, 0.25) is 0 Å². The number of nitrogens with one attached hydrogen (secondary N) is 3. The van der Waals surface area contributed by atoms with E-state index in [1.807, 2.05) is 52.0 Å². The lowest BCUT2D eigenvalue weighted by molar-refractivity contribution is 0.364. The van der Waals surface area contributed by atoms with Gasteiger partial charge < -0.3 is 14.9 Å². The van der Waals surface area contributed by atoms with Gasteiger partial charge in [0, 0.05) is 11.7 Å². The second kappa shape index (κ2) is 8.05. The molecule has 0 bridgehead atoms. The predicted molar refractivity (Wildman–Crippen MR) is 94.7 cm³/mol. The standard InChI is InChI=1S/C13H22N3OPS2/c1-5-17-18(20,15-10(2)3)16-13(19)14-12-9-7-6-8-11(12)4/h6-10H,5H2,1-4H3,(H3,14,15,16,19,20). The third-order valence-corrected chi connectivity index (χ3v) is 5.64. The molecule has 0 radical (unpaired) electrons. The van der Waals surface area contributed by atoms with Gasteiger partial charge in [-0.1, -0.05) is 18.2 Å². The van der Waals surface area contributed by atoms with Crippen LogP contribution in [0.1, 0.15) is 26.3 Å². The maximum Gasteiger partial charge on any atom is 0.225 e. The lowest BCUT2D eigenvalue weighted by atomic mass is 10.2. The number of rotatable bonds is 6. The number of benzene rings is 1. The number of hydrogen-bond acceptors (Lipinski definition) is 3. The summed E-state index contributed by atoms with van der Waals surface area (Å²) in [6.45, 7) is 6.18. The van der Waals surface area contributed by atoms with Crippen LogP contribution < -0.4 is 15.5 Å². The van der Waals surface area contributed by atoms with Gasteiger partial charge in [0.2, 0.25) is 6.57 Å². The Kier molecular flexibility index (Phi) is 7.06. The van der Waals surface area contributed by atoms with Gasteiger partial charge in [0.1, 0.15) is 0 Å². The van der Waals surface area contributed by atoms with E-state index in [9.17, 15) is 0 Å². The van der Waals surface area contributed by atoms with E-state index < -0.39 is 6.57 Å². The van der Waals surface area contributed by atoms with Crippen molar-refractivity contribution in [3.63, 3.8) is 0 Å². The fourth-order valence-electron chi connectivity index (χ4n) is 1.62. The molecule has 0 saturated heterocycles. The van der Waals surface area contributed by atoms with Gasteiger partial charge in [-0.3, -0.25) is 0 Å². The Balaban J connectivity index is 2.72. The summed E-state index contributed by atoms with van der Waals surface area (Å²) in [5, 5.41) is 10.0. The minimum Gasteiger partial charge on any atom is -0.332 e. The highest BCUT2D eigenvalue weighted by atomic mass is 32.4. The molecule has 4 nitrogen and oxygen atoms in total. The van der Waals surface area contributed by atoms with Crippen LogP contribution in [-0.4, -0.2) is 17.8 Å². The lowest BCUT2D eigenvalue weighted by Crippen LogP contribution is -2.35. The molecular weight excluding hydrogens is 309 g/mol. The van der Waals surface area contributed by atoms with E-state index in [1.165, 1.54) is 0 Å². The summed E-state index contributed by atoms with van der Waals surface area (Å²) in [7, 11) is 0. The van der Waals surface area contributed by atoms with Crippen LogP contribution in [0.4, 0.5) is 5.69 Å². The number of thiocarbonyl (C=S) groups is 1. The Bertz CT molecular complexity index is 508. The van der Waals surface area contributed by atoms with Crippen molar-refractivity contribution in [1.29, 1.82) is 0 Å². The summed E-state index contributed by atoms with van der Waals surface area (Å²) in [6.07, 6.45) is 0. The van der Waals surface area contributed by atoms with Crippen molar-refractivity contribution >= 4 is 41.4 Å². The van der Waals surface area contributed by atoms with E-state index in [0.29, 0.717) is 11.7 Å². The SMILES string of the molecule is CCOP(=S)(NC(=S)Nc1ccccc1C)NC(C)C. The van der Waals surface area contributed by atoms with Gasteiger partial charge in [-0.05, 0) is 63.3 Å². The number of anilines is 1. The van der Waals surface area contributed by atoms with E-state index in [2.05, 4.69) is 15.5 Å². The van der Waals surface area contributed by atoms with E-state index in [-0.39, 0.29) is 6.04 Å². The molecule has 1 aromatic rings. The lowest BCUT2D eigenvalue weighted by Gasteiger charge is -2.27. The molecule has 0 spiro atoms. The molecule has 112 valence electrons. The summed E-state index contributed by atoms with van der Waals surface area (Å²) in [5.41, 5.74) is 2.09. The van der Waals surface area contributed by atoms with Gasteiger partial charge in [0.15, 0.2) is 5.11 Å². The van der Waals surface area contributed by atoms with Crippen molar-refractivity contribution in [3.8, 4) is 0 Å². The van der Waals surface area contributed by atoms with Gasteiger partial charge in [-0.15, -0.1) is 0 Å². The maximum absolute atomic E-state index is 5.66. The molecule has 1 rings (SSSR count). The average molecular weight is 331 g/mol. The van der Waals surface area contributed by atoms with E-state index in [4.69, 9.17) is 28.5 Å². The molecule has 0 aliphatic heterocycles. The van der Waals surface area contributed by atoms with E-state index in [0.717, 1.165) is 11.3 Å². The molecule has 1 unspecified atom stereocenters. The highest BCUT2D eigenvalue weighted by Crippen LogP contribution is 2.38. The van der Waals surface area contributed by atoms with Crippen molar-refractivity contribution in [2.45, 2.75) is 33.7 Å². The first-order chi connectivity index (χ1) is 9.36. The largest absolute Gasteiger partial charge is 0.332 e. The predicted octanol–water partition coefficient (Wildman–Crippen LogP) is 3.54. The third-order valence-electron chi connectivity index (χ3n) is 2.38. The van der Waals surface area contributed by atoms with Crippen molar-refractivity contribution in [3.05, 3.63) is 29.8 Å². The minimum absolute atomic E-state index is 0.223. The van der Waals surface area contributed by atoms with Crippen LogP contribution in [0.25, 0.3) is 0 Å². The summed E-state index contributed by atoms with van der Waals surface area (Å²) in [5.74, 6) is 0. The van der Waals surface area contributed by atoms with Gasteiger partial charge in [0.25, 0.3) is 0 Å². The quantitative estimate of drug-likeness (QED) is 0.547. The highest BCUT2D eigenvalue weighted by molar-refractivity contribution is 8.10. The molecule has 0 heterocycles. The molecule has 0 aliphatic rings. The molecule has 20 heavy (non-hydrogen) atoms. The first-order valence-corrected chi connectivity index (χ1v) is 9.66. The van der Waals surface area contributed by atoms with Gasteiger partial charge >= 0.3 is 0 Å². The smallest absolute Gasteiger partial charge is 0.225 e. The number of hydrogen-bond donors (Lipinski definition) is 3. The average Bonchev–Trinajstić information content (AvgIpc) is 2.30. The first kappa shape index (κ1) is 17.5. The molecule has 1 aromatic carbocycles. The summed E-state index contributed by atoms with van der Waals surface area (Å²) in [4.78, 5) is 0. The van der Waals surface area contributed by atoms with Crippen molar-refractivity contribution < 1.29 is 4.52 Å². The Hall–Kier alpha value is -0.520. The normalized spacial score (nSPS) is 13.8. The zero-order chi connectivity index (χ0) is 15.2. The van der Waals surface area contributed by atoms with Crippen LogP contribution in [0.15, 0.2) is 24.3 Å². The van der Waals surface area contributed by atoms with E-state index >= 15 is 0 Å². The molecular formula is C13H22N3OPS2. The van der Waals surface area contributed by atoms with Gasteiger partial charge in [-0.25, -0.2) is 5.09 Å². The van der Waals surface area contributed by atoms with Crippen molar-refractivity contribution in [2.24, 2.45) is 0 Å². The van der Waals surface area contributed by atoms with Crippen molar-refractivity contribution in [1.82, 2.24) is 10.2 Å². The van der Waals surface area contributed by atoms with Crippen LogP contribution in [0, 0.1) is 6.92 Å². The second-order valence-corrected chi connectivity index (χ2v) is 8.43. The van der Waals surface area contributed by atoms with Gasteiger partial charge in [-0.2, -0.15) is 0 Å². The Labute approximate surface area is 131 Å².